The van der Waals surface area contributed by atoms with Crippen molar-refractivity contribution in [1.82, 2.24) is 0 Å². The predicted molar refractivity (Wildman–Crippen MR) is 74.3 cm³/mol. The smallest absolute Gasteiger partial charge is 0.303 e. The molecule has 0 unspecified atom stereocenters. The molecule has 0 aliphatic rings. The zero-order valence-corrected chi connectivity index (χ0v) is 11.3. The van der Waals surface area contributed by atoms with Gasteiger partial charge in [0.1, 0.15) is 5.78 Å². The Balaban J connectivity index is 2.52. The van der Waals surface area contributed by atoms with Gasteiger partial charge in [0, 0.05) is 12.1 Å². The molecule has 1 rings (SSSR count). The van der Waals surface area contributed by atoms with Crippen molar-refractivity contribution in [3.05, 3.63) is 29.8 Å². The van der Waals surface area contributed by atoms with Gasteiger partial charge in [-0.1, -0.05) is 12.1 Å². The second-order valence-corrected chi connectivity index (χ2v) is 4.56. The molecule has 1 aromatic carbocycles. The van der Waals surface area contributed by atoms with Crippen molar-refractivity contribution >= 4 is 23.3 Å². The number of hydrogen-bond acceptors (Lipinski definition) is 4. The summed E-state index contributed by atoms with van der Waals surface area (Å²) in [5, 5.41) is 11.1. The Labute approximate surface area is 117 Å². The summed E-state index contributed by atoms with van der Waals surface area (Å²) >= 11 is 0. The summed E-state index contributed by atoms with van der Waals surface area (Å²) in [4.78, 5) is 32.8. The second-order valence-electron chi connectivity index (χ2n) is 4.56. The Kier molecular flexibility index (Phi) is 5.86. The minimum Gasteiger partial charge on any atom is -0.481 e. The lowest BCUT2D eigenvalue weighted by molar-refractivity contribution is -0.138. The molecule has 0 fully saturated rings. The number of amides is 1. The average Bonchev–Trinajstić information content (AvgIpc) is 2.38. The molecule has 20 heavy (non-hydrogen) atoms. The van der Waals surface area contributed by atoms with E-state index < -0.39 is 12.0 Å². The molecule has 0 saturated carbocycles. The summed E-state index contributed by atoms with van der Waals surface area (Å²) in [5.74, 6) is -1.43. The van der Waals surface area contributed by atoms with Crippen molar-refractivity contribution in [1.29, 1.82) is 0 Å². The van der Waals surface area contributed by atoms with Gasteiger partial charge in [-0.3, -0.25) is 14.4 Å². The van der Waals surface area contributed by atoms with Crippen LogP contribution in [-0.2, 0) is 20.8 Å². The summed E-state index contributed by atoms with van der Waals surface area (Å²) in [6.45, 7) is 1.45. The van der Waals surface area contributed by atoms with E-state index >= 15 is 0 Å². The highest BCUT2D eigenvalue weighted by Gasteiger charge is 2.09. The van der Waals surface area contributed by atoms with Gasteiger partial charge in [0.2, 0.25) is 5.91 Å². The van der Waals surface area contributed by atoms with E-state index in [-0.39, 0.29) is 24.5 Å². The molecule has 1 aromatic rings. The molecule has 6 heteroatoms. The lowest BCUT2D eigenvalue weighted by atomic mass is 10.0. The van der Waals surface area contributed by atoms with E-state index in [2.05, 4.69) is 5.32 Å². The highest BCUT2D eigenvalue weighted by atomic mass is 16.4. The SMILES string of the molecule is CC(=O)[C@@H](N)Cc1ccc(NC(=O)CCC(=O)O)cc1. The van der Waals surface area contributed by atoms with Crippen LogP contribution in [0.3, 0.4) is 0 Å². The molecule has 0 spiro atoms. The van der Waals surface area contributed by atoms with Crippen LogP contribution < -0.4 is 11.1 Å². The standard InChI is InChI=1S/C14H18N2O4/c1-9(17)12(15)8-10-2-4-11(5-3-10)16-13(18)6-7-14(19)20/h2-5,12H,6-8,15H2,1H3,(H,16,18)(H,19,20)/t12-/m0/s1. The zero-order valence-electron chi connectivity index (χ0n) is 11.3. The Hall–Kier alpha value is -2.21. The van der Waals surface area contributed by atoms with E-state index in [1.807, 2.05) is 0 Å². The van der Waals surface area contributed by atoms with E-state index in [0.29, 0.717) is 12.1 Å². The summed E-state index contributed by atoms with van der Waals surface area (Å²) in [6, 6.07) is 6.42. The molecule has 0 saturated heterocycles. The fourth-order valence-electron chi connectivity index (χ4n) is 1.57. The summed E-state index contributed by atoms with van der Waals surface area (Å²) < 4.78 is 0. The molecule has 0 aliphatic carbocycles. The summed E-state index contributed by atoms with van der Waals surface area (Å²) in [5.41, 5.74) is 7.14. The first-order valence-corrected chi connectivity index (χ1v) is 6.25. The van der Waals surface area contributed by atoms with Gasteiger partial charge < -0.3 is 16.2 Å². The largest absolute Gasteiger partial charge is 0.481 e. The van der Waals surface area contributed by atoms with Crippen LogP contribution >= 0.6 is 0 Å². The number of carbonyl (C=O) groups excluding carboxylic acids is 2. The highest BCUT2D eigenvalue weighted by Crippen LogP contribution is 2.11. The number of carboxylic acid groups (broad SMARTS) is 1. The normalized spacial score (nSPS) is 11.7. The molecule has 1 amide bonds. The summed E-state index contributed by atoms with van der Waals surface area (Å²) in [7, 11) is 0. The van der Waals surface area contributed by atoms with E-state index in [4.69, 9.17) is 10.8 Å². The maximum absolute atomic E-state index is 11.4. The van der Waals surface area contributed by atoms with Crippen molar-refractivity contribution in [3.63, 3.8) is 0 Å². The van der Waals surface area contributed by atoms with Crippen LogP contribution in [-0.4, -0.2) is 28.8 Å². The molecule has 4 N–H and O–H groups in total. The monoisotopic (exact) mass is 278 g/mol. The van der Waals surface area contributed by atoms with Gasteiger partial charge >= 0.3 is 5.97 Å². The van der Waals surface area contributed by atoms with E-state index in [1.165, 1.54) is 6.92 Å². The number of benzene rings is 1. The Bertz CT molecular complexity index is 496. The minimum absolute atomic E-state index is 0.0632. The first kappa shape index (κ1) is 15.8. The van der Waals surface area contributed by atoms with Gasteiger partial charge in [-0.25, -0.2) is 0 Å². The maximum Gasteiger partial charge on any atom is 0.303 e. The number of nitrogens with one attached hydrogen (secondary N) is 1. The molecule has 0 radical (unpaired) electrons. The van der Waals surface area contributed by atoms with Crippen LogP contribution in [0.2, 0.25) is 0 Å². The van der Waals surface area contributed by atoms with Crippen LogP contribution in [0.1, 0.15) is 25.3 Å². The third-order valence-electron chi connectivity index (χ3n) is 2.78. The lowest BCUT2D eigenvalue weighted by Crippen LogP contribution is -2.30. The molecular weight excluding hydrogens is 260 g/mol. The Morgan fingerprint density at radius 2 is 1.80 bits per heavy atom. The Morgan fingerprint density at radius 3 is 2.30 bits per heavy atom. The fourth-order valence-corrected chi connectivity index (χ4v) is 1.57. The topological polar surface area (TPSA) is 109 Å². The number of nitrogens with two attached hydrogens (primary N) is 1. The number of carbonyl (C=O) groups is 3. The molecule has 0 aliphatic heterocycles. The van der Waals surface area contributed by atoms with Crippen molar-refractivity contribution in [2.45, 2.75) is 32.2 Å². The van der Waals surface area contributed by atoms with Gasteiger partial charge in [-0.15, -0.1) is 0 Å². The van der Waals surface area contributed by atoms with E-state index in [9.17, 15) is 14.4 Å². The number of hydrogen-bond donors (Lipinski definition) is 3. The minimum atomic E-state index is -1.01. The van der Waals surface area contributed by atoms with Crippen molar-refractivity contribution in [2.24, 2.45) is 5.73 Å². The third kappa shape index (κ3) is 5.62. The average molecular weight is 278 g/mol. The lowest BCUT2D eigenvalue weighted by Gasteiger charge is -2.09. The van der Waals surface area contributed by atoms with Crippen molar-refractivity contribution in [2.75, 3.05) is 5.32 Å². The number of carboxylic acids is 1. The molecular formula is C14H18N2O4. The zero-order chi connectivity index (χ0) is 15.1. The summed E-state index contributed by atoms with van der Waals surface area (Å²) in [6.07, 6.45) is 0.187. The van der Waals surface area contributed by atoms with Crippen molar-refractivity contribution in [3.8, 4) is 0 Å². The van der Waals surface area contributed by atoms with Crippen LogP contribution in [0.25, 0.3) is 0 Å². The second kappa shape index (κ2) is 7.40. The van der Waals surface area contributed by atoms with E-state index in [0.717, 1.165) is 5.56 Å². The number of ketones is 1. The third-order valence-corrected chi connectivity index (χ3v) is 2.78. The predicted octanol–water partition coefficient (Wildman–Crippen LogP) is 0.949. The first-order valence-electron chi connectivity index (χ1n) is 6.25. The number of rotatable bonds is 7. The molecule has 0 aromatic heterocycles. The van der Waals surface area contributed by atoms with Crippen LogP contribution in [0.4, 0.5) is 5.69 Å². The molecule has 108 valence electrons. The molecule has 0 heterocycles. The van der Waals surface area contributed by atoms with Crippen LogP contribution in [0.15, 0.2) is 24.3 Å². The van der Waals surface area contributed by atoms with Gasteiger partial charge in [0.05, 0.1) is 12.5 Å². The van der Waals surface area contributed by atoms with Gasteiger partial charge in [0.15, 0.2) is 0 Å². The number of aliphatic carboxylic acids is 1. The van der Waals surface area contributed by atoms with Crippen LogP contribution in [0.5, 0.6) is 0 Å². The molecule has 0 bridgehead atoms. The van der Waals surface area contributed by atoms with Crippen LogP contribution in [0, 0.1) is 0 Å². The molecule has 1 atom stereocenters. The van der Waals surface area contributed by atoms with Gasteiger partial charge in [-0.05, 0) is 31.0 Å². The van der Waals surface area contributed by atoms with E-state index in [1.54, 1.807) is 24.3 Å². The fraction of sp³-hybridized carbons (Fsp3) is 0.357. The van der Waals surface area contributed by atoms with Crippen molar-refractivity contribution < 1.29 is 19.5 Å². The Morgan fingerprint density at radius 1 is 1.20 bits per heavy atom. The van der Waals surface area contributed by atoms with Gasteiger partial charge in [-0.2, -0.15) is 0 Å². The highest BCUT2D eigenvalue weighted by molar-refractivity contribution is 5.92. The first-order chi connectivity index (χ1) is 9.38. The maximum atomic E-state index is 11.4. The van der Waals surface area contributed by atoms with Gasteiger partial charge in [0.25, 0.3) is 0 Å². The molecule has 6 nitrogen and oxygen atoms in total. The quantitative estimate of drug-likeness (QED) is 0.688. The number of Topliss-reactive ketones (excluding diaryl/α,β-unsaturated/α-hetero) is 1. The number of anilines is 1.